The van der Waals surface area contributed by atoms with E-state index in [0.717, 1.165) is 25.8 Å². The van der Waals surface area contributed by atoms with E-state index < -0.39 is 10.0 Å². The van der Waals surface area contributed by atoms with E-state index in [0.29, 0.717) is 33.8 Å². The highest BCUT2D eigenvalue weighted by molar-refractivity contribution is 7.99. The number of aromatic nitrogens is 1. The summed E-state index contributed by atoms with van der Waals surface area (Å²) in [4.78, 5) is 19.6. The van der Waals surface area contributed by atoms with Crippen molar-refractivity contribution < 1.29 is 22.4 Å². The van der Waals surface area contributed by atoms with Crippen LogP contribution in [0.1, 0.15) is 40.0 Å². The van der Waals surface area contributed by atoms with Crippen LogP contribution in [0.25, 0.3) is 11.1 Å². The Labute approximate surface area is 215 Å². The number of carbonyl (C=O) groups is 1. The summed E-state index contributed by atoms with van der Waals surface area (Å²) in [5.74, 6) is 0.754. The van der Waals surface area contributed by atoms with E-state index in [4.69, 9.17) is 9.15 Å². The predicted molar refractivity (Wildman–Crippen MR) is 140 cm³/mol. The van der Waals surface area contributed by atoms with Crippen molar-refractivity contribution in [3.63, 3.8) is 0 Å². The molecular weight excluding hydrogens is 498 g/mol. The average Bonchev–Trinajstić information content (AvgIpc) is 3.33. The Morgan fingerprint density at radius 2 is 2.00 bits per heavy atom. The molecule has 1 saturated carbocycles. The van der Waals surface area contributed by atoms with E-state index in [1.807, 2.05) is 4.90 Å². The lowest BCUT2D eigenvalue weighted by atomic mass is 9.65. The van der Waals surface area contributed by atoms with Gasteiger partial charge in [0.25, 0.3) is 15.2 Å². The first-order valence-electron chi connectivity index (χ1n) is 12.0. The van der Waals surface area contributed by atoms with Crippen LogP contribution >= 0.6 is 11.8 Å². The van der Waals surface area contributed by atoms with Gasteiger partial charge in [0.15, 0.2) is 5.58 Å². The van der Waals surface area contributed by atoms with Gasteiger partial charge >= 0.3 is 0 Å². The molecule has 1 amide bonds. The van der Waals surface area contributed by atoms with Crippen LogP contribution in [-0.4, -0.2) is 49.7 Å². The number of para-hydroxylation sites is 2. The molecule has 2 unspecified atom stereocenters. The van der Waals surface area contributed by atoms with Crippen LogP contribution < -0.4 is 9.46 Å². The number of amides is 1. The maximum absolute atomic E-state index is 13.1. The molecule has 5 rings (SSSR count). The van der Waals surface area contributed by atoms with Gasteiger partial charge in [-0.2, -0.15) is 0 Å². The summed E-state index contributed by atoms with van der Waals surface area (Å²) in [6.07, 6.45) is 3.23. The maximum Gasteiger partial charge on any atom is 0.262 e. The highest BCUT2D eigenvalue weighted by atomic mass is 32.2. The largest absolute Gasteiger partial charge is 0.495 e. The second-order valence-corrected chi connectivity index (χ2v) is 13.5. The molecule has 36 heavy (non-hydrogen) atoms. The normalized spacial score (nSPS) is 23.1. The molecule has 10 heteroatoms. The SMILES string of the molecule is COc1ccccc1NS(=O)(=O)c1ccc2oc(SCC(=O)N3CC4(C)CC3CC(C)(C)C4)nc2c1. The van der Waals surface area contributed by atoms with E-state index in [9.17, 15) is 13.2 Å². The topological polar surface area (TPSA) is 102 Å². The fraction of sp³-hybridized carbons (Fsp3) is 0.462. The quantitative estimate of drug-likeness (QED) is 0.422. The Morgan fingerprint density at radius 3 is 2.78 bits per heavy atom. The van der Waals surface area contributed by atoms with Crippen molar-refractivity contribution in [2.45, 2.75) is 56.2 Å². The minimum Gasteiger partial charge on any atom is -0.495 e. The number of thioether (sulfide) groups is 1. The zero-order valence-electron chi connectivity index (χ0n) is 20.9. The minimum absolute atomic E-state index is 0.0574. The van der Waals surface area contributed by atoms with Crippen LogP contribution in [0.15, 0.2) is 57.0 Å². The maximum atomic E-state index is 13.1. The molecule has 2 fully saturated rings. The molecule has 2 aromatic carbocycles. The summed E-state index contributed by atoms with van der Waals surface area (Å²) in [6, 6.07) is 11.6. The zero-order chi connectivity index (χ0) is 25.7. The van der Waals surface area contributed by atoms with Crippen molar-refractivity contribution in [2.75, 3.05) is 24.1 Å². The number of sulfonamides is 1. The van der Waals surface area contributed by atoms with Gasteiger partial charge in [-0.15, -0.1) is 0 Å². The third kappa shape index (κ3) is 4.93. The number of ether oxygens (including phenoxy) is 1. The highest BCUT2D eigenvalue weighted by Crippen LogP contribution is 2.52. The molecule has 2 bridgehead atoms. The number of carbonyl (C=O) groups excluding carboxylic acids is 1. The van der Waals surface area contributed by atoms with E-state index in [2.05, 4.69) is 30.5 Å². The van der Waals surface area contributed by atoms with Crippen LogP contribution in [0.3, 0.4) is 0 Å². The first-order valence-corrected chi connectivity index (χ1v) is 14.4. The van der Waals surface area contributed by atoms with Crippen molar-refractivity contribution in [1.29, 1.82) is 0 Å². The summed E-state index contributed by atoms with van der Waals surface area (Å²) in [7, 11) is -2.39. The van der Waals surface area contributed by atoms with Gasteiger partial charge < -0.3 is 14.1 Å². The molecule has 2 aliphatic rings. The summed E-state index contributed by atoms with van der Waals surface area (Å²) >= 11 is 1.24. The van der Waals surface area contributed by atoms with Crippen LogP contribution in [0.4, 0.5) is 5.69 Å². The predicted octanol–water partition coefficient (Wildman–Crippen LogP) is 5.16. The van der Waals surface area contributed by atoms with E-state index in [1.165, 1.54) is 31.0 Å². The van der Waals surface area contributed by atoms with Gasteiger partial charge in [0.05, 0.1) is 23.4 Å². The third-order valence-corrected chi connectivity index (χ3v) is 9.23. The number of nitrogens with one attached hydrogen (secondary N) is 1. The molecule has 1 aliphatic heterocycles. The van der Waals surface area contributed by atoms with Gasteiger partial charge in [-0.3, -0.25) is 9.52 Å². The molecule has 0 radical (unpaired) electrons. The molecule has 1 aromatic heterocycles. The molecule has 1 N–H and O–H groups in total. The van der Waals surface area contributed by atoms with Crippen molar-refractivity contribution in [3.05, 3.63) is 42.5 Å². The van der Waals surface area contributed by atoms with Gasteiger partial charge in [0.1, 0.15) is 11.3 Å². The number of fused-ring (bicyclic) bond motifs is 3. The van der Waals surface area contributed by atoms with Crippen LogP contribution in [0.2, 0.25) is 0 Å². The molecule has 2 heterocycles. The highest BCUT2D eigenvalue weighted by Gasteiger charge is 2.50. The number of methoxy groups -OCH3 is 1. The van der Waals surface area contributed by atoms with Crippen molar-refractivity contribution in [1.82, 2.24) is 9.88 Å². The monoisotopic (exact) mass is 529 g/mol. The molecule has 1 saturated heterocycles. The third-order valence-electron chi connectivity index (χ3n) is 7.06. The number of hydrogen-bond acceptors (Lipinski definition) is 7. The molecule has 2 atom stereocenters. The second kappa shape index (κ2) is 8.99. The fourth-order valence-corrected chi connectivity index (χ4v) is 7.82. The molecule has 3 aromatic rings. The van der Waals surface area contributed by atoms with Gasteiger partial charge in [-0.25, -0.2) is 13.4 Å². The van der Waals surface area contributed by atoms with Crippen LogP contribution in [0.5, 0.6) is 5.75 Å². The number of benzene rings is 2. The summed E-state index contributed by atoms with van der Waals surface area (Å²) < 4.78 is 39.5. The van der Waals surface area contributed by atoms with Crippen molar-refractivity contribution in [3.8, 4) is 5.75 Å². The fourth-order valence-electron chi connectivity index (χ4n) is 6.01. The Bertz CT molecular complexity index is 1420. The van der Waals surface area contributed by atoms with E-state index >= 15 is 0 Å². The summed E-state index contributed by atoms with van der Waals surface area (Å²) in [6.45, 7) is 7.67. The van der Waals surface area contributed by atoms with E-state index in [1.54, 1.807) is 30.3 Å². The molecular formula is C26H31N3O5S2. The molecule has 192 valence electrons. The van der Waals surface area contributed by atoms with Gasteiger partial charge in [-0.05, 0) is 60.4 Å². The molecule has 8 nitrogen and oxygen atoms in total. The molecule has 0 spiro atoms. The molecule has 1 aliphatic carbocycles. The Kier molecular flexibility index (Phi) is 6.23. The van der Waals surface area contributed by atoms with Crippen molar-refractivity contribution >= 4 is 44.5 Å². The first-order chi connectivity index (χ1) is 17.0. The number of anilines is 1. The lowest BCUT2D eigenvalue weighted by molar-refractivity contribution is -0.129. The Morgan fingerprint density at radius 1 is 1.22 bits per heavy atom. The van der Waals surface area contributed by atoms with Gasteiger partial charge in [0, 0.05) is 12.6 Å². The number of likely N-dealkylation sites (tertiary alicyclic amines) is 1. The first kappa shape index (κ1) is 25.0. The van der Waals surface area contributed by atoms with Gasteiger partial charge in [0.2, 0.25) is 5.91 Å². The smallest absolute Gasteiger partial charge is 0.262 e. The number of oxazole rings is 1. The lowest BCUT2D eigenvalue weighted by Crippen LogP contribution is -2.38. The van der Waals surface area contributed by atoms with Crippen molar-refractivity contribution in [2.24, 2.45) is 10.8 Å². The number of rotatable bonds is 7. The zero-order valence-corrected chi connectivity index (χ0v) is 22.5. The van der Waals surface area contributed by atoms with Crippen LogP contribution in [-0.2, 0) is 14.8 Å². The van der Waals surface area contributed by atoms with E-state index in [-0.39, 0.29) is 27.4 Å². The number of nitrogens with zero attached hydrogens (tertiary/aromatic N) is 2. The number of hydrogen-bond donors (Lipinski definition) is 1. The Balaban J connectivity index is 1.28. The van der Waals surface area contributed by atoms with Crippen LogP contribution in [0, 0.1) is 10.8 Å². The average molecular weight is 530 g/mol. The lowest BCUT2D eigenvalue weighted by Gasteiger charge is -2.39. The second-order valence-electron chi connectivity index (χ2n) is 10.9. The minimum atomic E-state index is -3.87. The Hall–Kier alpha value is -2.72. The summed E-state index contributed by atoms with van der Waals surface area (Å²) in [5.41, 5.74) is 1.66. The standard InChI is InChI=1S/C26H31N3O5S2/c1-25(2)12-17-13-26(3,15-25)16-29(17)23(30)14-35-24-27-20-11-18(9-10-22(20)34-24)36(31,32)28-19-7-5-6-8-21(19)33-4/h5-11,17,28H,12-16H2,1-4H3. The van der Waals surface area contributed by atoms with Gasteiger partial charge in [-0.1, -0.05) is 44.7 Å². The summed E-state index contributed by atoms with van der Waals surface area (Å²) in [5, 5.41) is 0.347.